The van der Waals surface area contributed by atoms with Crippen LogP contribution < -0.4 is 5.43 Å². The van der Waals surface area contributed by atoms with Crippen LogP contribution in [-0.2, 0) is 11.3 Å². The molecular formula is C17H16N4O3. The normalized spacial score (nSPS) is 11.6. The number of nitrogens with one attached hydrogen (secondary N) is 1. The maximum Gasteiger partial charge on any atom is 0.260 e. The molecule has 1 amide bonds. The van der Waals surface area contributed by atoms with Gasteiger partial charge in [-0.25, -0.2) is 10.4 Å². The van der Waals surface area contributed by atoms with E-state index in [2.05, 4.69) is 15.5 Å². The number of aromatic nitrogens is 2. The number of imidazole rings is 1. The summed E-state index contributed by atoms with van der Waals surface area (Å²) < 4.78 is 1.72. The van der Waals surface area contributed by atoms with Crippen LogP contribution in [0.4, 0.5) is 0 Å². The van der Waals surface area contributed by atoms with Crippen LogP contribution in [0, 0.1) is 0 Å². The van der Waals surface area contributed by atoms with Gasteiger partial charge in [0.05, 0.1) is 23.1 Å². The van der Waals surface area contributed by atoms with Gasteiger partial charge in [-0.1, -0.05) is 12.1 Å². The van der Waals surface area contributed by atoms with E-state index in [0.717, 1.165) is 11.0 Å². The van der Waals surface area contributed by atoms with Crippen molar-refractivity contribution in [3.05, 3.63) is 54.4 Å². The van der Waals surface area contributed by atoms with Crippen molar-refractivity contribution >= 4 is 22.7 Å². The molecule has 3 rings (SSSR count). The minimum atomic E-state index is -0.322. The molecule has 0 radical (unpaired) electrons. The van der Waals surface area contributed by atoms with E-state index < -0.39 is 0 Å². The molecule has 0 fully saturated rings. The zero-order valence-electron chi connectivity index (χ0n) is 13.0. The fraction of sp³-hybridized carbons (Fsp3) is 0.118. The smallest absolute Gasteiger partial charge is 0.260 e. The van der Waals surface area contributed by atoms with Gasteiger partial charge in [-0.15, -0.1) is 0 Å². The minimum absolute atomic E-state index is 0.00793. The van der Waals surface area contributed by atoms with E-state index in [-0.39, 0.29) is 24.0 Å². The number of fused-ring (bicyclic) bond motifs is 1. The third-order valence-corrected chi connectivity index (χ3v) is 3.56. The van der Waals surface area contributed by atoms with E-state index >= 15 is 0 Å². The van der Waals surface area contributed by atoms with Gasteiger partial charge in [0, 0.05) is 5.56 Å². The van der Waals surface area contributed by atoms with Gasteiger partial charge in [0.1, 0.15) is 18.0 Å². The molecule has 2 aromatic carbocycles. The molecule has 7 heteroatoms. The first-order chi connectivity index (χ1) is 11.5. The van der Waals surface area contributed by atoms with E-state index in [9.17, 15) is 15.0 Å². The average Bonchev–Trinajstić information content (AvgIpc) is 2.98. The van der Waals surface area contributed by atoms with Crippen molar-refractivity contribution in [2.24, 2.45) is 5.10 Å². The Labute approximate surface area is 137 Å². The molecule has 3 aromatic rings. The van der Waals surface area contributed by atoms with Crippen LogP contribution in [0.1, 0.15) is 12.5 Å². The van der Waals surface area contributed by atoms with Crippen molar-refractivity contribution < 1.29 is 15.0 Å². The van der Waals surface area contributed by atoms with Gasteiger partial charge in [0.25, 0.3) is 5.91 Å². The summed E-state index contributed by atoms with van der Waals surface area (Å²) in [6, 6.07) is 11.6. The SMILES string of the molecule is C/C(=N\NC(=O)Cn1cnc2ccccc21)c1cc(O)ccc1O. The number of benzene rings is 2. The molecule has 0 bridgehead atoms. The summed E-state index contributed by atoms with van der Waals surface area (Å²) in [4.78, 5) is 16.3. The van der Waals surface area contributed by atoms with Crippen molar-refractivity contribution in [3.63, 3.8) is 0 Å². The zero-order chi connectivity index (χ0) is 17.1. The highest BCUT2D eigenvalue weighted by molar-refractivity contribution is 6.01. The predicted octanol–water partition coefficient (Wildman–Crippen LogP) is 1.99. The number of para-hydroxylation sites is 2. The third-order valence-electron chi connectivity index (χ3n) is 3.56. The summed E-state index contributed by atoms with van der Waals surface area (Å²) in [5, 5.41) is 23.2. The molecular weight excluding hydrogens is 308 g/mol. The van der Waals surface area contributed by atoms with Gasteiger partial charge in [0.2, 0.25) is 0 Å². The van der Waals surface area contributed by atoms with Crippen molar-refractivity contribution in [2.45, 2.75) is 13.5 Å². The zero-order valence-corrected chi connectivity index (χ0v) is 13.0. The number of nitrogens with zero attached hydrogens (tertiary/aromatic N) is 3. The molecule has 0 spiro atoms. The molecule has 24 heavy (non-hydrogen) atoms. The Balaban J connectivity index is 1.72. The molecule has 3 N–H and O–H groups in total. The quantitative estimate of drug-likeness (QED) is 0.388. The Morgan fingerprint density at radius 3 is 2.88 bits per heavy atom. The molecule has 1 heterocycles. The van der Waals surface area contributed by atoms with Gasteiger partial charge < -0.3 is 14.8 Å². The monoisotopic (exact) mass is 324 g/mol. The number of hydrazone groups is 1. The number of rotatable bonds is 4. The standard InChI is InChI=1S/C17H16N4O3/c1-11(13-8-12(22)6-7-16(13)23)19-20-17(24)9-21-10-18-14-4-2-3-5-15(14)21/h2-8,10,22-23H,9H2,1H3,(H,20,24)/b19-11+. The van der Waals surface area contributed by atoms with E-state index in [4.69, 9.17) is 0 Å². The molecule has 0 saturated heterocycles. The number of amides is 1. The van der Waals surface area contributed by atoms with Crippen molar-refractivity contribution in [3.8, 4) is 11.5 Å². The Bertz CT molecular complexity index is 930. The van der Waals surface area contributed by atoms with E-state index in [1.807, 2.05) is 24.3 Å². The van der Waals surface area contributed by atoms with Gasteiger partial charge in [0.15, 0.2) is 0 Å². The average molecular weight is 324 g/mol. The minimum Gasteiger partial charge on any atom is -0.508 e. The van der Waals surface area contributed by atoms with Crippen LogP contribution in [0.5, 0.6) is 11.5 Å². The second-order valence-electron chi connectivity index (χ2n) is 5.29. The third kappa shape index (κ3) is 3.19. The van der Waals surface area contributed by atoms with Crippen LogP contribution in [-0.4, -0.2) is 31.4 Å². The van der Waals surface area contributed by atoms with Crippen LogP contribution in [0.15, 0.2) is 53.9 Å². The second-order valence-corrected chi connectivity index (χ2v) is 5.29. The topological polar surface area (TPSA) is 99.7 Å². The van der Waals surface area contributed by atoms with Crippen LogP contribution >= 0.6 is 0 Å². The summed E-state index contributed by atoms with van der Waals surface area (Å²) in [5.74, 6) is -0.338. The summed E-state index contributed by atoms with van der Waals surface area (Å²) in [5.41, 5.74) is 4.84. The molecule has 0 atom stereocenters. The number of carbonyl (C=O) groups excluding carboxylic acids is 1. The Kier molecular flexibility index (Phi) is 4.15. The Morgan fingerprint density at radius 1 is 1.25 bits per heavy atom. The number of hydrogen-bond donors (Lipinski definition) is 3. The van der Waals surface area contributed by atoms with Gasteiger partial charge >= 0.3 is 0 Å². The number of phenols is 2. The van der Waals surface area contributed by atoms with Gasteiger partial charge in [-0.2, -0.15) is 5.10 Å². The lowest BCUT2D eigenvalue weighted by Crippen LogP contribution is -2.24. The largest absolute Gasteiger partial charge is 0.508 e. The predicted molar refractivity (Wildman–Crippen MR) is 89.9 cm³/mol. The number of phenolic OH excluding ortho intramolecular Hbond substituents is 2. The van der Waals surface area contributed by atoms with Crippen molar-refractivity contribution in [1.29, 1.82) is 0 Å². The lowest BCUT2D eigenvalue weighted by atomic mass is 10.1. The first-order valence-corrected chi connectivity index (χ1v) is 7.30. The number of carbonyl (C=O) groups is 1. The van der Waals surface area contributed by atoms with Crippen molar-refractivity contribution in [2.75, 3.05) is 0 Å². The van der Waals surface area contributed by atoms with Crippen LogP contribution in [0.25, 0.3) is 11.0 Å². The molecule has 0 aliphatic heterocycles. The molecule has 1 aromatic heterocycles. The maximum atomic E-state index is 12.1. The van der Waals surface area contributed by atoms with E-state index in [0.29, 0.717) is 11.3 Å². The summed E-state index contributed by atoms with van der Waals surface area (Å²) >= 11 is 0. The number of hydrogen-bond acceptors (Lipinski definition) is 5. The maximum absolute atomic E-state index is 12.1. The highest BCUT2D eigenvalue weighted by Gasteiger charge is 2.09. The fourth-order valence-electron chi connectivity index (χ4n) is 2.35. The highest BCUT2D eigenvalue weighted by atomic mass is 16.3. The second kappa shape index (κ2) is 6.41. The highest BCUT2D eigenvalue weighted by Crippen LogP contribution is 2.22. The molecule has 0 aliphatic rings. The van der Waals surface area contributed by atoms with Gasteiger partial charge in [-0.05, 0) is 37.3 Å². The molecule has 122 valence electrons. The van der Waals surface area contributed by atoms with E-state index in [1.165, 1.54) is 18.2 Å². The Morgan fingerprint density at radius 2 is 2.04 bits per heavy atom. The fourth-order valence-corrected chi connectivity index (χ4v) is 2.35. The number of aromatic hydroxyl groups is 2. The van der Waals surface area contributed by atoms with E-state index in [1.54, 1.807) is 17.8 Å². The lowest BCUT2D eigenvalue weighted by Gasteiger charge is -2.06. The van der Waals surface area contributed by atoms with Crippen LogP contribution in [0.3, 0.4) is 0 Å². The molecule has 0 saturated carbocycles. The summed E-state index contributed by atoms with van der Waals surface area (Å²) in [6.45, 7) is 1.70. The van der Waals surface area contributed by atoms with Gasteiger partial charge in [-0.3, -0.25) is 4.79 Å². The molecule has 0 unspecified atom stereocenters. The summed E-state index contributed by atoms with van der Waals surface area (Å²) in [7, 11) is 0. The first kappa shape index (κ1) is 15.5. The van der Waals surface area contributed by atoms with Crippen molar-refractivity contribution in [1.82, 2.24) is 15.0 Å². The summed E-state index contributed by atoms with van der Waals surface area (Å²) in [6.07, 6.45) is 1.60. The molecule has 7 nitrogen and oxygen atoms in total. The first-order valence-electron chi connectivity index (χ1n) is 7.30. The Hall–Kier alpha value is -3.35. The molecule has 0 aliphatic carbocycles. The van der Waals surface area contributed by atoms with Crippen LogP contribution in [0.2, 0.25) is 0 Å². The lowest BCUT2D eigenvalue weighted by molar-refractivity contribution is -0.121.